The molecule has 1 atom stereocenters. The summed E-state index contributed by atoms with van der Waals surface area (Å²) >= 11 is 0. The van der Waals surface area contributed by atoms with Crippen LogP contribution in [0.15, 0.2) is 78.4 Å². The molecule has 1 N–H and O–H groups in total. The van der Waals surface area contributed by atoms with Gasteiger partial charge in [0.15, 0.2) is 11.5 Å². The third-order valence-electron chi connectivity index (χ3n) is 6.06. The number of ether oxygens (including phenoxy) is 3. The van der Waals surface area contributed by atoms with Gasteiger partial charge in [0.2, 0.25) is 0 Å². The molecule has 7 heteroatoms. The maximum Gasteiger partial charge on any atom is 0.295 e. The van der Waals surface area contributed by atoms with E-state index in [-0.39, 0.29) is 17.9 Å². The highest BCUT2D eigenvalue weighted by atomic mass is 16.6. The van der Waals surface area contributed by atoms with E-state index in [2.05, 4.69) is 0 Å². The predicted octanol–water partition coefficient (Wildman–Crippen LogP) is 4.48. The van der Waals surface area contributed by atoms with Crippen molar-refractivity contribution in [2.75, 3.05) is 19.8 Å². The lowest BCUT2D eigenvalue weighted by molar-refractivity contribution is -0.140. The van der Waals surface area contributed by atoms with Gasteiger partial charge in [0.05, 0.1) is 18.2 Å². The number of amides is 1. The van der Waals surface area contributed by atoms with Crippen LogP contribution in [0.2, 0.25) is 0 Å². The Hall–Kier alpha value is -4.26. The smallest absolute Gasteiger partial charge is 0.295 e. The molecule has 3 aromatic carbocycles. The lowest BCUT2D eigenvalue weighted by atomic mass is 9.95. The van der Waals surface area contributed by atoms with Gasteiger partial charge in [-0.2, -0.15) is 0 Å². The first-order valence-corrected chi connectivity index (χ1v) is 11.5. The number of likely N-dealkylation sites (tertiary alicyclic amines) is 1. The zero-order valence-electron chi connectivity index (χ0n) is 19.3. The van der Waals surface area contributed by atoms with Crippen LogP contribution in [0.3, 0.4) is 0 Å². The van der Waals surface area contributed by atoms with Crippen molar-refractivity contribution in [2.24, 2.45) is 0 Å². The summed E-state index contributed by atoms with van der Waals surface area (Å²) in [7, 11) is 0. The fourth-order valence-corrected chi connectivity index (χ4v) is 4.43. The second-order valence-corrected chi connectivity index (χ2v) is 8.27. The average Bonchev–Trinajstić information content (AvgIpc) is 3.14. The van der Waals surface area contributed by atoms with Crippen LogP contribution in [0.5, 0.6) is 17.2 Å². The Morgan fingerprint density at radius 3 is 2.40 bits per heavy atom. The number of hydrogen-bond donors (Lipinski definition) is 1. The van der Waals surface area contributed by atoms with E-state index in [1.807, 2.05) is 49.4 Å². The summed E-state index contributed by atoms with van der Waals surface area (Å²) in [5.74, 6) is 0.0914. The molecule has 1 fully saturated rings. The zero-order chi connectivity index (χ0) is 24.4. The predicted molar refractivity (Wildman–Crippen MR) is 129 cm³/mol. The van der Waals surface area contributed by atoms with Crippen molar-refractivity contribution >= 4 is 17.4 Å². The Bertz CT molecular complexity index is 1280. The highest BCUT2D eigenvalue weighted by molar-refractivity contribution is 6.46. The molecule has 0 aliphatic carbocycles. The number of aliphatic hydroxyl groups excluding tert-OH is 1. The molecule has 0 saturated carbocycles. The molecular weight excluding hydrogens is 446 g/mol. The Balaban J connectivity index is 1.61. The van der Waals surface area contributed by atoms with Crippen molar-refractivity contribution in [1.82, 2.24) is 4.90 Å². The van der Waals surface area contributed by atoms with Gasteiger partial charge in [-0.15, -0.1) is 0 Å². The Kier molecular flexibility index (Phi) is 6.14. The normalized spacial score (nSPS) is 18.5. The molecule has 0 radical (unpaired) electrons. The van der Waals surface area contributed by atoms with Crippen LogP contribution in [0.25, 0.3) is 5.76 Å². The molecule has 1 saturated heterocycles. The first kappa shape index (κ1) is 22.5. The van der Waals surface area contributed by atoms with Gasteiger partial charge in [-0.3, -0.25) is 9.59 Å². The molecule has 3 aromatic rings. The van der Waals surface area contributed by atoms with Crippen LogP contribution in [0.4, 0.5) is 0 Å². The van der Waals surface area contributed by atoms with Gasteiger partial charge in [-0.05, 0) is 48.4 Å². The highest BCUT2D eigenvalue weighted by Gasteiger charge is 2.46. The number of Topliss-reactive ketones (excluding diaryl/α,β-unsaturated/α-hetero) is 1. The van der Waals surface area contributed by atoms with E-state index >= 15 is 0 Å². The molecule has 2 aliphatic heterocycles. The number of aliphatic hydroxyl groups is 1. The van der Waals surface area contributed by atoms with E-state index in [0.29, 0.717) is 48.2 Å². The largest absolute Gasteiger partial charge is 0.507 e. The standard InChI is InChI=1S/C28H25NO6/c1-2-33-21-11-8-19(9-12-21)25-24(26(30)20-10-13-22-23(16-20)35-15-14-34-22)27(31)28(32)29(25)17-18-6-4-3-5-7-18/h3-13,16,25,30H,2,14-15,17H2,1H3/b26-24+/t25-/m0/s1. The van der Waals surface area contributed by atoms with Crippen LogP contribution >= 0.6 is 0 Å². The summed E-state index contributed by atoms with van der Waals surface area (Å²) < 4.78 is 16.8. The van der Waals surface area contributed by atoms with E-state index in [1.54, 1.807) is 30.3 Å². The quantitative estimate of drug-likeness (QED) is 0.324. The minimum Gasteiger partial charge on any atom is -0.507 e. The molecule has 178 valence electrons. The highest BCUT2D eigenvalue weighted by Crippen LogP contribution is 2.42. The Morgan fingerprint density at radius 2 is 1.69 bits per heavy atom. The van der Waals surface area contributed by atoms with E-state index in [4.69, 9.17) is 14.2 Å². The van der Waals surface area contributed by atoms with Crippen LogP contribution in [0, 0.1) is 0 Å². The third kappa shape index (κ3) is 4.33. The SMILES string of the molecule is CCOc1ccc([C@H]2/C(=C(\O)c3ccc4c(c3)OCCO4)C(=O)C(=O)N2Cc2ccccc2)cc1. The minimum absolute atomic E-state index is 0.0340. The topological polar surface area (TPSA) is 85.3 Å². The number of fused-ring (bicyclic) bond motifs is 1. The van der Waals surface area contributed by atoms with Crippen molar-refractivity contribution in [2.45, 2.75) is 19.5 Å². The van der Waals surface area contributed by atoms with Crippen LogP contribution in [-0.2, 0) is 16.1 Å². The molecule has 35 heavy (non-hydrogen) atoms. The van der Waals surface area contributed by atoms with Crippen molar-refractivity contribution in [3.8, 4) is 17.2 Å². The number of carbonyl (C=O) groups excluding carboxylic acids is 2. The molecule has 5 rings (SSSR count). The Labute approximate surface area is 203 Å². The molecule has 1 amide bonds. The molecule has 0 unspecified atom stereocenters. The van der Waals surface area contributed by atoms with Gasteiger partial charge < -0.3 is 24.2 Å². The summed E-state index contributed by atoms with van der Waals surface area (Å²) in [6.07, 6.45) is 0. The molecular formula is C28H25NO6. The molecule has 7 nitrogen and oxygen atoms in total. The fourth-order valence-electron chi connectivity index (χ4n) is 4.43. The molecule has 2 heterocycles. The summed E-state index contributed by atoms with van der Waals surface area (Å²) in [4.78, 5) is 28.0. The van der Waals surface area contributed by atoms with Gasteiger partial charge in [0, 0.05) is 12.1 Å². The van der Waals surface area contributed by atoms with Gasteiger partial charge in [-0.1, -0.05) is 42.5 Å². The van der Waals surface area contributed by atoms with Gasteiger partial charge in [0.25, 0.3) is 11.7 Å². The van der Waals surface area contributed by atoms with Crippen LogP contribution in [0.1, 0.15) is 29.7 Å². The second-order valence-electron chi connectivity index (χ2n) is 8.27. The van der Waals surface area contributed by atoms with Crippen LogP contribution < -0.4 is 14.2 Å². The van der Waals surface area contributed by atoms with E-state index in [0.717, 1.165) is 5.56 Å². The molecule has 0 bridgehead atoms. The average molecular weight is 472 g/mol. The van der Waals surface area contributed by atoms with Crippen molar-refractivity contribution < 1.29 is 28.9 Å². The number of hydrogen-bond acceptors (Lipinski definition) is 6. The number of rotatable bonds is 6. The number of carbonyl (C=O) groups is 2. The van der Waals surface area contributed by atoms with Crippen LogP contribution in [-0.4, -0.2) is 41.5 Å². The van der Waals surface area contributed by atoms with E-state index in [9.17, 15) is 14.7 Å². The monoisotopic (exact) mass is 471 g/mol. The number of ketones is 1. The van der Waals surface area contributed by atoms with Gasteiger partial charge >= 0.3 is 0 Å². The summed E-state index contributed by atoms with van der Waals surface area (Å²) in [5, 5.41) is 11.3. The lowest BCUT2D eigenvalue weighted by Gasteiger charge is -2.26. The third-order valence-corrected chi connectivity index (χ3v) is 6.06. The number of benzene rings is 3. The lowest BCUT2D eigenvalue weighted by Crippen LogP contribution is -2.29. The molecule has 0 spiro atoms. The van der Waals surface area contributed by atoms with Crippen molar-refractivity contribution in [3.05, 3.63) is 95.1 Å². The zero-order valence-corrected chi connectivity index (χ0v) is 19.3. The van der Waals surface area contributed by atoms with Crippen molar-refractivity contribution in [3.63, 3.8) is 0 Å². The maximum absolute atomic E-state index is 13.3. The van der Waals surface area contributed by atoms with Gasteiger partial charge in [0.1, 0.15) is 24.7 Å². The first-order chi connectivity index (χ1) is 17.1. The maximum atomic E-state index is 13.3. The summed E-state index contributed by atoms with van der Waals surface area (Å²) in [5.41, 5.74) is 1.99. The fraction of sp³-hybridized carbons (Fsp3) is 0.214. The van der Waals surface area contributed by atoms with Crippen molar-refractivity contribution in [1.29, 1.82) is 0 Å². The first-order valence-electron chi connectivity index (χ1n) is 11.5. The summed E-state index contributed by atoms with van der Waals surface area (Å²) in [6, 6.07) is 20.9. The second kappa shape index (κ2) is 9.54. The molecule has 0 aromatic heterocycles. The van der Waals surface area contributed by atoms with E-state index in [1.165, 1.54) is 4.90 Å². The van der Waals surface area contributed by atoms with Gasteiger partial charge in [-0.25, -0.2) is 0 Å². The summed E-state index contributed by atoms with van der Waals surface area (Å²) in [6.45, 7) is 3.48. The Morgan fingerprint density at radius 1 is 0.971 bits per heavy atom. The number of nitrogens with zero attached hydrogens (tertiary/aromatic N) is 1. The molecule has 2 aliphatic rings. The van der Waals surface area contributed by atoms with E-state index < -0.39 is 17.7 Å². The minimum atomic E-state index is -0.765.